The molecule has 21 nitrogen and oxygen atoms in total. The first-order valence-electron chi connectivity index (χ1n) is 16.2. The third kappa shape index (κ3) is 8.27. The lowest BCUT2D eigenvalue weighted by Crippen LogP contribution is -2.60. The lowest BCUT2D eigenvalue weighted by Gasteiger charge is -2.40. The maximum Gasteiger partial charge on any atom is 0.304 e. The SMILES string of the molecule is CC(=O)OCC1OC(Oc2cc(OC3OC(CO)C(O)C(O)C3O)cc(C(=O)C=c3[nH]c(=O)c4n(c3=O)C(OC(C)=O)CCC=4)c2N)C(O)C(O)C1O. The molecule has 2 saturated heterocycles. The number of aromatic amines is 1. The zero-order chi connectivity index (χ0) is 38.9. The first-order chi connectivity index (χ1) is 25.0. The Hall–Kier alpha value is -4.71. The molecule has 10 N–H and O–H groups in total. The van der Waals surface area contributed by atoms with Gasteiger partial charge in [0.15, 0.2) is 12.0 Å². The Bertz CT molecular complexity index is 1960. The number of carbonyl (C=O) groups excluding carboxylic acids is 3. The number of ether oxygens (including phenoxy) is 6. The fraction of sp³-hybridized carbons (Fsp3) is 0.531. The van der Waals surface area contributed by atoms with E-state index in [0.29, 0.717) is 12.5 Å². The van der Waals surface area contributed by atoms with Crippen molar-refractivity contribution < 1.29 is 78.6 Å². The number of aliphatic hydroxyl groups is 7. The highest BCUT2D eigenvalue weighted by atomic mass is 16.7. The van der Waals surface area contributed by atoms with E-state index in [-0.39, 0.29) is 11.8 Å². The van der Waals surface area contributed by atoms with Crippen molar-refractivity contribution in [1.29, 1.82) is 0 Å². The van der Waals surface area contributed by atoms with Crippen molar-refractivity contribution in [2.45, 2.75) is 94.3 Å². The summed E-state index contributed by atoms with van der Waals surface area (Å²) in [6.07, 6.45) is -16.1. The smallest absolute Gasteiger partial charge is 0.304 e. The topological polar surface area (TPSA) is 329 Å². The van der Waals surface area contributed by atoms with Crippen LogP contribution >= 0.6 is 0 Å². The second kappa shape index (κ2) is 16.1. The minimum atomic E-state index is -1.96. The van der Waals surface area contributed by atoms with Gasteiger partial charge in [0.1, 0.15) is 77.6 Å². The van der Waals surface area contributed by atoms with Crippen LogP contribution in [0.3, 0.4) is 0 Å². The second-order valence-electron chi connectivity index (χ2n) is 12.4. The van der Waals surface area contributed by atoms with E-state index >= 15 is 0 Å². The number of benzene rings is 1. The molecule has 1 aromatic heterocycles. The minimum absolute atomic E-state index is 0.104. The summed E-state index contributed by atoms with van der Waals surface area (Å²) in [6.45, 7) is 0.828. The number of hydrogen-bond acceptors (Lipinski definition) is 19. The van der Waals surface area contributed by atoms with Gasteiger partial charge in [0.25, 0.3) is 11.1 Å². The summed E-state index contributed by atoms with van der Waals surface area (Å²) in [4.78, 5) is 65.7. The molecule has 0 radical (unpaired) electrons. The number of anilines is 1. The van der Waals surface area contributed by atoms with Crippen LogP contribution in [0.4, 0.5) is 5.69 Å². The van der Waals surface area contributed by atoms with Crippen LogP contribution in [0, 0.1) is 0 Å². The lowest BCUT2D eigenvalue weighted by atomic mass is 9.99. The molecule has 0 amide bonds. The number of nitrogen functional groups attached to an aromatic ring is 1. The van der Waals surface area contributed by atoms with Crippen molar-refractivity contribution in [3.05, 3.63) is 49.1 Å². The van der Waals surface area contributed by atoms with E-state index in [0.717, 1.165) is 30.5 Å². The summed E-state index contributed by atoms with van der Waals surface area (Å²) in [5.41, 5.74) is 3.64. The predicted octanol–water partition coefficient (Wildman–Crippen LogP) is -5.65. The third-order valence-corrected chi connectivity index (χ3v) is 8.65. The third-order valence-electron chi connectivity index (χ3n) is 8.65. The number of carbonyl (C=O) groups is 3. The van der Waals surface area contributed by atoms with Gasteiger partial charge in [-0.05, 0) is 12.5 Å². The van der Waals surface area contributed by atoms with Gasteiger partial charge in [-0.2, -0.15) is 0 Å². The molecule has 2 fully saturated rings. The van der Waals surface area contributed by atoms with E-state index < -0.39 is 138 Å². The van der Waals surface area contributed by atoms with Gasteiger partial charge in [0, 0.05) is 32.4 Å². The molecule has 3 aliphatic rings. The van der Waals surface area contributed by atoms with Crippen molar-refractivity contribution in [2.75, 3.05) is 18.9 Å². The molecule has 11 atom stereocenters. The van der Waals surface area contributed by atoms with E-state index in [1.807, 2.05) is 0 Å². The number of fused-ring (bicyclic) bond motifs is 1. The van der Waals surface area contributed by atoms with Crippen molar-refractivity contribution in [2.24, 2.45) is 0 Å². The van der Waals surface area contributed by atoms with Crippen molar-refractivity contribution in [3.63, 3.8) is 0 Å². The highest BCUT2D eigenvalue weighted by molar-refractivity contribution is 6.20. The van der Waals surface area contributed by atoms with Crippen LogP contribution in [-0.2, 0) is 28.5 Å². The highest BCUT2D eigenvalue weighted by Gasteiger charge is 2.47. The number of aliphatic hydroxyl groups excluding tert-OH is 7. The molecule has 4 heterocycles. The molecule has 0 spiro atoms. The second-order valence-corrected chi connectivity index (χ2v) is 12.4. The summed E-state index contributed by atoms with van der Waals surface area (Å²) >= 11 is 0. The Morgan fingerprint density at radius 2 is 1.53 bits per heavy atom. The number of hydrogen-bond donors (Lipinski definition) is 9. The van der Waals surface area contributed by atoms with Gasteiger partial charge in [-0.25, -0.2) is 0 Å². The molecule has 5 rings (SSSR count). The number of nitrogens with two attached hydrogens (primary N) is 1. The average molecular weight is 754 g/mol. The Kier molecular flexibility index (Phi) is 12.0. The van der Waals surface area contributed by atoms with Crippen LogP contribution in [-0.4, -0.2) is 138 Å². The number of H-pyrrole nitrogens is 1. The van der Waals surface area contributed by atoms with Gasteiger partial charge in [-0.1, -0.05) is 6.08 Å². The number of nitrogens with zero attached hydrogens (tertiary/aromatic N) is 1. The van der Waals surface area contributed by atoms with Crippen molar-refractivity contribution >= 4 is 35.6 Å². The fourth-order valence-corrected chi connectivity index (χ4v) is 5.91. The molecule has 11 unspecified atom stereocenters. The lowest BCUT2D eigenvalue weighted by molar-refractivity contribution is -0.279. The molecule has 1 aromatic carbocycles. The standard InChI is InChI=1S/C32H39N3O18/c1-11(37)48-10-20-24(41)26(43)28(45)32(53-20)51-18-7-13(50-31-27(44)25(42)23(40)19(9-36)52-31)6-14(22(18)33)17(39)8-15-30(47)35-16(29(46)34-15)4-3-5-21(35)49-12(2)38/h4,6-8,19-21,23-28,31-32,36,40-45H,3,5,9-10,33H2,1-2H3,(H,34,46). The molecular weight excluding hydrogens is 714 g/mol. The maximum absolute atomic E-state index is 13.8. The number of aromatic nitrogens is 2. The Morgan fingerprint density at radius 1 is 0.906 bits per heavy atom. The highest BCUT2D eigenvalue weighted by Crippen LogP contribution is 2.36. The van der Waals surface area contributed by atoms with E-state index in [1.54, 1.807) is 0 Å². The molecule has 0 bridgehead atoms. The van der Waals surface area contributed by atoms with Crippen molar-refractivity contribution in [1.82, 2.24) is 9.55 Å². The van der Waals surface area contributed by atoms with Gasteiger partial charge in [-0.15, -0.1) is 0 Å². The summed E-state index contributed by atoms with van der Waals surface area (Å²) < 4.78 is 33.3. The average Bonchev–Trinajstić information content (AvgIpc) is 3.11. The van der Waals surface area contributed by atoms with E-state index in [9.17, 15) is 59.7 Å². The predicted molar refractivity (Wildman–Crippen MR) is 173 cm³/mol. The van der Waals surface area contributed by atoms with Crippen LogP contribution in [0.25, 0.3) is 12.2 Å². The molecule has 21 heteroatoms. The zero-order valence-corrected chi connectivity index (χ0v) is 28.1. The molecule has 0 saturated carbocycles. The van der Waals surface area contributed by atoms with Gasteiger partial charge in [0.05, 0.1) is 17.9 Å². The van der Waals surface area contributed by atoms with Crippen LogP contribution in [0.2, 0.25) is 0 Å². The van der Waals surface area contributed by atoms with Crippen LogP contribution in [0.1, 0.15) is 43.3 Å². The van der Waals surface area contributed by atoms with Crippen molar-refractivity contribution in [3.8, 4) is 11.5 Å². The molecular formula is C32H39N3O18. The number of nitrogens with one attached hydrogen (secondary N) is 1. The molecule has 0 aliphatic carbocycles. The summed E-state index contributed by atoms with van der Waals surface area (Å²) in [6, 6.07) is 2.00. The number of ketones is 1. The Balaban J connectivity index is 1.58. The van der Waals surface area contributed by atoms with Gasteiger partial charge < -0.3 is 74.9 Å². The number of rotatable bonds is 10. The molecule has 290 valence electrons. The van der Waals surface area contributed by atoms with Gasteiger partial charge in [0.2, 0.25) is 12.6 Å². The van der Waals surface area contributed by atoms with Gasteiger partial charge in [-0.3, -0.25) is 28.5 Å². The summed E-state index contributed by atoms with van der Waals surface area (Å²) in [5.74, 6) is -3.42. The first-order valence-corrected chi connectivity index (χ1v) is 16.2. The Labute approximate surface area is 297 Å². The number of esters is 2. The number of Topliss-reactive ketones (excluding diaryl/α,β-unsaturated/α-hetero) is 1. The Morgan fingerprint density at radius 3 is 2.15 bits per heavy atom. The normalized spacial score (nSPS) is 31.5. The summed E-state index contributed by atoms with van der Waals surface area (Å²) in [5, 5.41) is 71.5. The fourth-order valence-electron chi connectivity index (χ4n) is 5.91. The largest absolute Gasteiger partial charge is 0.463 e. The van der Waals surface area contributed by atoms with E-state index in [4.69, 9.17) is 34.2 Å². The molecule has 53 heavy (non-hydrogen) atoms. The zero-order valence-electron chi connectivity index (χ0n) is 28.1. The monoisotopic (exact) mass is 753 g/mol. The molecule has 2 aromatic rings. The van der Waals surface area contributed by atoms with E-state index in [1.165, 1.54) is 6.08 Å². The maximum atomic E-state index is 13.8. The van der Waals surface area contributed by atoms with Crippen LogP contribution in [0.5, 0.6) is 11.5 Å². The van der Waals surface area contributed by atoms with Crippen LogP contribution < -0.4 is 37.0 Å². The first kappa shape index (κ1) is 39.5. The molecule has 3 aliphatic heterocycles. The van der Waals surface area contributed by atoms with Crippen LogP contribution in [0.15, 0.2) is 21.7 Å². The van der Waals surface area contributed by atoms with E-state index in [2.05, 4.69) is 4.98 Å². The summed E-state index contributed by atoms with van der Waals surface area (Å²) in [7, 11) is 0. The van der Waals surface area contributed by atoms with Gasteiger partial charge >= 0.3 is 11.9 Å². The minimum Gasteiger partial charge on any atom is -0.463 e. The quantitative estimate of drug-likeness (QED) is 0.0620.